The van der Waals surface area contributed by atoms with E-state index in [1.807, 2.05) is 0 Å². The number of carbonyl (C=O) groups is 3. The molecule has 8 heteroatoms. The van der Waals surface area contributed by atoms with Crippen LogP contribution in [0.4, 0.5) is 4.39 Å². The second-order valence-electron chi connectivity index (χ2n) is 6.77. The lowest BCUT2D eigenvalue weighted by Gasteiger charge is -2.25. The summed E-state index contributed by atoms with van der Waals surface area (Å²) in [6.07, 6.45) is -0.0553. The van der Waals surface area contributed by atoms with Gasteiger partial charge in [0.05, 0.1) is 18.7 Å². The number of ether oxygens (including phenoxy) is 1. The van der Waals surface area contributed by atoms with Gasteiger partial charge in [0.15, 0.2) is 0 Å². The Morgan fingerprint density at radius 3 is 2.27 bits per heavy atom. The van der Waals surface area contributed by atoms with Gasteiger partial charge < -0.3 is 19.8 Å². The standard InChI is InChI=1S/C22H20FNO6/c1-30-16-10-6-14(7-11-16)20(27)18-19(13-4-8-15(23)9-5-13)24(22(29)21(18)28)12-2-3-17(25)26/h4-11,19,27H,2-3,12H2,1H3,(H,25,26)/t19-/m0/s1. The van der Waals surface area contributed by atoms with Gasteiger partial charge >= 0.3 is 5.97 Å². The van der Waals surface area contributed by atoms with Crippen LogP contribution in [0.5, 0.6) is 5.75 Å². The van der Waals surface area contributed by atoms with Crippen molar-refractivity contribution in [2.45, 2.75) is 18.9 Å². The first-order valence-electron chi connectivity index (χ1n) is 9.23. The molecule has 0 saturated carbocycles. The molecule has 0 spiro atoms. The molecule has 156 valence electrons. The summed E-state index contributed by atoms with van der Waals surface area (Å²) < 4.78 is 18.5. The van der Waals surface area contributed by atoms with Gasteiger partial charge in [-0.05, 0) is 48.4 Å². The van der Waals surface area contributed by atoms with Gasteiger partial charge in [-0.15, -0.1) is 0 Å². The molecule has 0 bridgehead atoms. The molecule has 1 atom stereocenters. The lowest BCUT2D eigenvalue weighted by Crippen LogP contribution is -2.31. The SMILES string of the molecule is COc1ccc(C(O)=C2C(=O)C(=O)N(CCCC(=O)O)[C@H]2c2ccc(F)cc2)cc1. The van der Waals surface area contributed by atoms with Crippen molar-refractivity contribution in [2.24, 2.45) is 0 Å². The average molecular weight is 413 g/mol. The van der Waals surface area contributed by atoms with Crippen molar-refractivity contribution in [3.05, 3.63) is 71.0 Å². The van der Waals surface area contributed by atoms with Gasteiger partial charge in [-0.2, -0.15) is 0 Å². The van der Waals surface area contributed by atoms with Crippen molar-refractivity contribution in [1.82, 2.24) is 4.90 Å². The summed E-state index contributed by atoms with van der Waals surface area (Å²) in [5.74, 6) is -3.06. The molecule has 0 radical (unpaired) electrons. The van der Waals surface area contributed by atoms with Gasteiger partial charge in [-0.25, -0.2) is 4.39 Å². The van der Waals surface area contributed by atoms with E-state index in [-0.39, 0.29) is 30.7 Å². The first kappa shape index (κ1) is 21.0. The van der Waals surface area contributed by atoms with E-state index in [1.165, 1.54) is 36.3 Å². The van der Waals surface area contributed by atoms with Crippen molar-refractivity contribution >= 4 is 23.4 Å². The number of methoxy groups -OCH3 is 1. The van der Waals surface area contributed by atoms with Gasteiger partial charge in [-0.3, -0.25) is 14.4 Å². The number of aliphatic hydroxyl groups is 1. The number of hydrogen-bond donors (Lipinski definition) is 2. The fourth-order valence-electron chi connectivity index (χ4n) is 3.41. The first-order chi connectivity index (χ1) is 14.3. The molecule has 1 saturated heterocycles. The average Bonchev–Trinajstić information content (AvgIpc) is 2.98. The van der Waals surface area contributed by atoms with E-state index >= 15 is 0 Å². The second-order valence-corrected chi connectivity index (χ2v) is 6.77. The minimum atomic E-state index is -1.02. The molecule has 1 aliphatic rings. The third kappa shape index (κ3) is 4.17. The summed E-state index contributed by atoms with van der Waals surface area (Å²) in [6.45, 7) is -0.00168. The van der Waals surface area contributed by atoms with E-state index in [4.69, 9.17) is 9.84 Å². The maximum Gasteiger partial charge on any atom is 0.303 e. The fourth-order valence-corrected chi connectivity index (χ4v) is 3.41. The molecule has 2 aromatic rings. The molecule has 7 nitrogen and oxygen atoms in total. The molecule has 1 aliphatic heterocycles. The zero-order valence-electron chi connectivity index (χ0n) is 16.2. The number of carboxylic acids is 1. The highest BCUT2D eigenvalue weighted by Crippen LogP contribution is 2.39. The third-order valence-electron chi connectivity index (χ3n) is 4.88. The van der Waals surface area contributed by atoms with Crippen molar-refractivity contribution < 1.29 is 33.7 Å². The number of Topliss-reactive ketones (excluding diaryl/α,β-unsaturated/α-hetero) is 1. The molecule has 1 amide bonds. The lowest BCUT2D eigenvalue weighted by atomic mass is 9.95. The predicted molar refractivity (Wildman–Crippen MR) is 105 cm³/mol. The maximum atomic E-state index is 13.4. The van der Waals surface area contributed by atoms with E-state index in [1.54, 1.807) is 24.3 Å². The minimum Gasteiger partial charge on any atom is -0.507 e. The summed E-state index contributed by atoms with van der Waals surface area (Å²) in [7, 11) is 1.49. The highest BCUT2D eigenvalue weighted by Gasteiger charge is 2.45. The number of ketones is 1. The summed E-state index contributed by atoms with van der Waals surface area (Å²) in [5, 5.41) is 19.7. The van der Waals surface area contributed by atoms with E-state index in [2.05, 4.69) is 0 Å². The smallest absolute Gasteiger partial charge is 0.303 e. The summed E-state index contributed by atoms with van der Waals surface area (Å²) in [4.78, 5) is 37.5. The maximum absolute atomic E-state index is 13.4. The Kier molecular flexibility index (Phi) is 6.15. The van der Waals surface area contributed by atoms with Gasteiger partial charge in [0.1, 0.15) is 17.3 Å². The van der Waals surface area contributed by atoms with E-state index in [9.17, 15) is 23.9 Å². The molecular formula is C22H20FNO6. The number of carboxylic acid groups (broad SMARTS) is 1. The van der Waals surface area contributed by atoms with Crippen molar-refractivity contribution in [2.75, 3.05) is 13.7 Å². The van der Waals surface area contributed by atoms with Gasteiger partial charge in [0.2, 0.25) is 0 Å². The van der Waals surface area contributed by atoms with Crippen LogP contribution >= 0.6 is 0 Å². The Morgan fingerprint density at radius 2 is 1.70 bits per heavy atom. The highest BCUT2D eigenvalue weighted by molar-refractivity contribution is 6.46. The van der Waals surface area contributed by atoms with Crippen LogP contribution in [0.15, 0.2) is 54.1 Å². The Labute approximate surface area is 172 Å². The number of aliphatic carboxylic acids is 1. The molecule has 30 heavy (non-hydrogen) atoms. The number of likely N-dealkylation sites (tertiary alicyclic amines) is 1. The molecule has 3 rings (SSSR count). The predicted octanol–water partition coefficient (Wildman–Crippen LogP) is 3.12. The van der Waals surface area contributed by atoms with E-state index < -0.39 is 29.5 Å². The summed E-state index contributed by atoms with van der Waals surface area (Å²) in [5.41, 5.74) is 0.611. The molecular weight excluding hydrogens is 393 g/mol. The van der Waals surface area contributed by atoms with Gasteiger partial charge in [-0.1, -0.05) is 12.1 Å². The van der Waals surface area contributed by atoms with Crippen LogP contribution in [-0.2, 0) is 14.4 Å². The molecule has 0 unspecified atom stereocenters. The summed E-state index contributed by atoms with van der Waals surface area (Å²) in [6, 6.07) is 10.6. The largest absolute Gasteiger partial charge is 0.507 e. The third-order valence-corrected chi connectivity index (χ3v) is 4.88. The number of carbonyl (C=O) groups excluding carboxylic acids is 2. The van der Waals surface area contributed by atoms with Crippen molar-refractivity contribution in [3.63, 3.8) is 0 Å². The van der Waals surface area contributed by atoms with Crippen LogP contribution < -0.4 is 4.74 Å². The molecule has 2 aromatic carbocycles. The van der Waals surface area contributed by atoms with Crippen LogP contribution in [0, 0.1) is 5.82 Å². The Bertz CT molecular complexity index is 997. The second kappa shape index (κ2) is 8.77. The summed E-state index contributed by atoms with van der Waals surface area (Å²) >= 11 is 0. The number of hydrogen-bond acceptors (Lipinski definition) is 5. The molecule has 1 heterocycles. The molecule has 2 N–H and O–H groups in total. The Hall–Kier alpha value is -3.68. The number of aliphatic hydroxyl groups excluding tert-OH is 1. The Balaban J connectivity index is 2.07. The molecule has 1 fully saturated rings. The zero-order valence-corrected chi connectivity index (χ0v) is 16.2. The molecule has 0 aromatic heterocycles. The Morgan fingerprint density at radius 1 is 1.07 bits per heavy atom. The van der Waals surface area contributed by atoms with E-state index in [0.29, 0.717) is 16.9 Å². The normalized spacial score (nSPS) is 17.9. The van der Waals surface area contributed by atoms with Crippen LogP contribution in [0.3, 0.4) is 0 Å². The quantitative estimate of drug-likeness (QED) is 0.411. The lowest BCUT2D eigenvalue weighted by molar-refractivity contribution is -0.140. The number of rotatable bonds is 7. The van der Waals surface area contributed by atoms with Crippen LogP contribution in [-0.4, -0.2) is 46.4 Å². The number of nitrogens with zero attached hydrogens (tertiary/aromatic N) is 1. The monoisotopic (exact) mass is 413 g/mol. The van der Waals surface area contributed by atoms with Crippen LogP contribution in [0.25, 0.3) is 5.76 Å². The minimum absolute atomic E-state index is 0.00168. The zero-order chi connectivity index (χ0) is 21.8. The first-order valence-corrected chi connectivity index (χ1v) is 9.23. The fraction of sp³-hybridized carbons (Fsp3) is 0.227. The van der Waals surface area contributed by atoms with Crippen LogP contribution in [0.2, 0.25) is 0 Å². The van der Waals surface area contributed by atoms with Crippen LogP contribution in [0.1, 0.15) is 30.0 Å². The van der Waals surface area contributed by atoms with Crippen molar-refractivity contribution in [3.8, 4) is 5.75 Å². The molecule has 0 aliphatic carbocycles. The van der Waals surface area contributed by atoms with E-state index in [0.717, 1.165) is 0 Å². The highest BCUT2D eigenvalue weighted by atomic mass is 19.1. The van der Waals surface area contributed by atoms with Gasteiger partial charge in [0, 0.05) is 18.5 Å². The van der Waals surface area contributed by atoms with Crippen molar-refractivity contribution in [1.29, 1.82) is 0 Å². The number of benzene rings is 2. The number of amides is 1. The topological polar surface area (TPSA) is 104 Å². The number of halogens is 1. The van der Waals surface area contributed by atoms with Gasteiger partial charge in [0.25, 0.3) is 11.7 Å².